The molecule has 0 aliphatic carbocycles. The molecule has 29 heavy (non-hydrogen) atoms. The van der Waals surface area contributed by atoms with Crippen LogP contribution >= 0.6 is 24.0 Å². The van der Waals surface area contributed by atoms with Gasteiger partial charge < -0.3 is 15.5 Å². The molecule has 1 unspecified atom stereocenters. The number of pyridine rings is 1. The zero-order valence-electron chi connectivity index (χ0n) is 17.0. The van der Waals surface area contributed by atoms with Gasteiger partial charge in [-0.15, -0.1) is 24.0 Å². The van der Waals surface area contributed by atoms with Gasteiger partial charge in [-0.1, -0.05) is 24.3 Å². The number of nitrogens with one attached hydrogen (secondary N) is 2. The van der Waals surface area contributed by atoms with Crippen molar-refractivity contribution in [1.82, 2.24) is 15.6 Å². The third-order valence-electron chi connectivity index (χ3n) is 4.84. The molecule has 1 aliphatic rings. The summed E-state index contributed by atoms with van der Waals surface area (Å²) in [5.41, 5.74) is 1.05. The minimum atomic E-state index is -0.995. The second-order valence-electron chi connectivity index (χ2n) is 6.90. The van der Waals surface area contributed by atoms with E-state index in [2.05, 4.69) is 37.6 Å². The van der Waals surface area contributed by atoms with Crippen molar-refractivity contribution in [2.75, 3.05) is 37.3 Å². The van der Waals surface area contributed by atoms with Gasteiger partial charge in [0.15, 0.2) is 5.96 Å². The van der Waals surface area contributed by atoms with Gasteiger partial charge in [0.05, 0.1) is 10.8 Å². The number of anilines is 1. The summed E-state index contributed by atoms with van der Waals surface area (Å²) in [6.07, 6.45) is 2.07. The summed E-state index contributed by atoms with van der Waals surface area (Å²) in [5.74, 6) is 2.39. The van der Waals surface area contributed by atoms with Crippen molar-refractivity contribution in [3.05, 3.63) is 54.2 Å². The van der Waals surface area contributed by atoms with E-state index in [0.29, 0.717) is 18.3 Å². The molecule has 158 valence electrons. The Balaban J connectivity index is 0.00000300. The molecule has 1 aromatic heterocycles. The lowest BCUT2D eigenvalue weighted by molar-refractivity contribution is 0.460. The number of hydrogen-bond donors (Lipinski definition) is 2. The summed E-state index contributed by atoms with van der Waals surface area (Å²) in [7, 11) is 0.778. The molecule has 3 rings (SSSR count). The van der Waals surface area contributed by atoms with E-state index in [1.54, 1.807) is 7.05 Å². The molecule has 0 radical (unpaired) electrons. The maximum atomic E-state index is 12.3. The molecule has 2 N–H and O–H groups in total. The first-order chi connectivity index (χ1) is 13.7. The smallest absolute Gasteiger partial charge is 0.191 e. The summed E-state index contributed by atoms with van der Waals surface area (Å²) >= 11 is 0. The van der Waals surface area contributed by atoms with Crippen molar-refractivity contribution in [2.24, 2.45) is 4.99 Å². The summed E-state index contributed by atoms with van der Waals surface area (Å²) in [5, 5.41) is 6.78. The van der Waals surface area contributed by atoms with E-state index in [0.717, 1.165) is 48.3 Å². The Morgan fingerprint density at radius 2 is 1.90 bits per heavy atom. The molecule has 6 nitrogen and oxygen atoms in total. The first-order valence-corrected chi connectivity index (χ1v) is 11.1. The zero-order valence-corrected chi connectivity index (χ0v) is 20.2. The molecule has 1 aromatic carbocycles. The third kappa shape index (κ3) is 7.26. The third-order valence-corrected chi connectivity index (χ3v) is 6.22. The molecule has 0 amide bonds. The predicted molar refractivity (Wildman–Crippen MR) is 132 cm³/mol. The molecule has 2 aromatic rings. The van der Waals surface area contributed by atoms with Crippen molar-refractivity contribution >= 4 is 46.6 Å². The van der Waals surface area contributed by atoms with E-state index in [9.17, 15) is 4.21 Å². The van der Waals surface area contributed by atoms with Crippen LogP contribution in [0.4, 0.5) is 5.82 Å². The van der Waals surface area contributed by atoms with E-state index in [1.807, 2.05) is 43.3 Å². The molecular weight excluding hydrogens is 497 g/mol. The fourth-order valence-corrected chi connectivity index (χ4v) is 4.28. The summed E-state index contributed by atoms with van der Waals surface area (Å²) in [4.78, 5) is 12.1. The second kappa shape index (κ2) is 12.1. The van der Waals surface area contributed by atoms with Crippen LogP contribution in [0.25, 0.3) is 0 Å². The number of rotatable bonds is 6. The molecule has 0 saturated carbocycles. The highest BCUT2D eigenvalue weighted by Gasteiger charge is 2.21. The lowest BCUT2D eigenvalue weighted by Gasteiger charge is -2.34. The molecule has 8 heteroatoms. The number of aliphatic imine (C=N–C) groups is 1. The molecule has 2 heterocycles. The highest BCUT2D eigenvalue weighted by Crippen LogP contribution is 2.18. The van der Waals surface area contributed by atoms with Crippen LogP contribution in [0.2, 0.25) is 0 Å². The summed E-state index contributed by atoms with van der Waals surface area (Å²) < 4.78 is 12.3. The van der Waals surface area contributed by atoms with Gasteiger partial charge >= 0.3 is 0 Å². The van der Waals surface area contributed by atoms with Gasteiger partial charge in [-0.3, -0.25) is 9.20 Å². The molecule has 1 aliphatic heterocycles. The second-order valence-corrected chi connectivity index (χ2v) is 8.48. The molecule has 1 fully saturated rings. The van der Waals surface area contributed by atoms with Gasteiger partial charge in [-0.05, 0) is 44.0 Å². The molecule has 1 atom stereocenters. The quantitative estimate of drug-likeness (QED) is 0.344. The van der Waals surface area contributed by atoms with Gasteiger partial charge in [0, 0.05) is 49.1 Å². The SMILES string of the molecule is CN=C(NCCS(=O)c1ccccc1)NC1CCN(c2cccc(C)n2)CC1.I. The average Bonchev–Trinajstić information content (AvgIpc) is 2.74. The molecule has 1 saturated heterocycles. The zero-order chi connectivity index (χ0) is 19.8. The van der Waals surface area contributed by atoms with Crippen LogP contribution in [0.3, 0.4) is 0 Å². The van der Waals surface area contributed by atoms with E-state index in [-0.39, 0.29) is 24.0 Å². The van der Waals surface area contributed by atoms with Gasteiger partial charge in [0.1, 0.15) is 5.82 Å². The van der Waals surface area contributed by atoms with E-state index >= 15 is 0 Å². The number of nitrogens with zero attached hydrogens (tertiary/aromatic N) is 3. The number of guanidine groups is 1. The lowest BCUT2D eigenvalue weighted by Crippen LogP contribution is -2.49. The number of benzene rings is 1. The number of aryl methyl sites for hydroxylation is 1. The van der Waals surface area contributed by atoms with Crippen LogP contribution in [-0.2, 0) is 10.8 Å². The van der Waals surface area contributed by atoms with Crippen molar-refractivity contribution < 1.29 is 4.21 Å². The number of piperidine rings is 1. The monoisotopic (exact) mass is 527 g/mol. The average molecular weight is 527 g/mol. The van der Waals surface area contributed by atoms with Crippen molar-refractivity contribution in [3.8, 4) is 0 Å². The lowest BCUT2D eigenvalue weighted by atomic mass is 10.1. The summed E-state index contributed by atoms with van der Waals surface area (Å²) in [6, 6.07) is 16.1. The topological polar surface area (TPSA) is 69.6 Å². The largest absolute Gasteiger partial charge is 0.356 e. The van der Waals surface area contributed by atoms with Crippen molar-refractivity contribution in [2.45, 2.75) is 30.7 Å². The van der Waals surface area contributed by atoms with Gasteiger partial charge in [0.25, 0.3) is 0 Å². The standard InChI is InChI=1S/C21H29N5OS.HI/c1-17-7-6-10-20(24-17)26-14-11-18(12-15-26)25-21(22-2)23-13-16-28(27)19-8-4-3-5-9-19;/h3-10,18H,11-16H2,1-2H3,(H2,22,23,25);1H. The minimum Gasteiger partial charge on any atom is -0.356 e. The van der Waals surface area contributed by atoms with E-state index in [4.69, 9.17) is 0 Å². The normalized spacial score (nSPS) is 16.1. The van der Waals surface area contributed by atoms with Crippen LogP contribution in [0.5, 0.6) is 0 Å². The highest BCUT2D eigenvalue weighted by atomic mass is 127. The van der Waals surface area contributed by atoms with Crippen molar-refractivity contribution in [3.63, 3.8) is 0 Å². The van der Waals surface area contributed by atoms with Crippen molar-refractivity contribution in [1.29, 1.82) is 0 Å². The fourth-order valence-electron chi connectivity index (χ4n) is 3.30. The maximum Gasteiger partial charge on any atom is 0.191 e. The minimum absolute atomic E-state index is 0. The number of aromatic nitrogens is 1. The molecular formula is C21H30IN5OS. The van der Waals surface area contributed by atoms with Gasteiger partial charge in [-0.25, -0.2) is 4.98 Å². The van der Waals surface area contributed by atoms with Crippen LogP contribution in [-0.4, -0.2) is 53.6 Å². The maximum absolute atomic E-state index is 12.3. The van der Waals surface area contributed by atoms with E-state index < -0.39 is 10.8 Å². The van der Waals surface area contributed by atoms with Crippen LogP contribution < -0.4 is 15.5 Å². The van der Waals surface area contributed by atoms with E-state index in [1.165, 1.54) is 0 Å². The summed E-state index contributed by atoms with van der Waals surface area (Å²) in [6.45, 7) is 4.60. The Morgan fingerprint density at radius 1 is 1.17 bits per heavy atom. The van der Waals surface area contributed by atoms with Gasteiger partial charge in [0.2, 0.25) is 0 Å². The Kier molecular flexibility index (Phi) is 9.86. The van der Waals surface area contributed by atoms with Crippen LogP contribution in [0.15, 0.2) is 58.4 Å². The Morgan fingerprint density at radius 3 is 2.55 bits per heavy atom. The van der Waals surface area contributed by atoms with Crippen LogP contribution in [0, 0.1) is 6.92 Å². The first-order valence-electron chi connectivity index (χ1n) is 9.75. The predicted octanol–water partition coefficient (Wildman–Crippen LogP) is 2.95. The number of halogens is 1. The Labute approximate surface area is 193 Å². The highest BCUT2D eigenvalue weighted by molar-refractivity contribution is 14.0. The number of hydrogen-bond acceptors (Lipinski definition) is 4. The Bertz CT molecular complexity index is 810. The molecule has 0 bridgehead atoms. The van der Waals surface area contributed by atoms with Gasteiger partial charge in [-0.2, -0.15) is 0 Å². The fraction of sp³-hybridized carbons (Fsp3) is 0.429. The molecule has 0 spiro atoms. The Hall–Kier alpha value is -1.68. The van der Waals surface area contributed by atoms with Crippen LogP contribution in [0.1, 0.15) is 18.5 Å². The first kappa shape index (κ1) is 23.6.